The molecule has 0 spiro atoms. The van der Waals surface area contributed by atoms with E-state index in [2.05, 4.69) is 68.6 Å². The Kier molecular flexibility index (Phi) is 12.3. The monoisotopic (exact) mass is 744 g/mol. The topological polar surface area (TPSA) is 144 Å². The van der Waals surface area contributed by atoms with Crippen LogP contribution in [0.3, 0.4) is 0 Å². The highest BCUT2D eigenvalue weighted by Gasteiger charge is 2.23. The van der Waals surface area contributed by atoms with Crippen molar-refractivity contribution in [1.82, 2.24) is 35.7 Å². The molecule has 0 atom stereocenters. The lowest BCUT2D eigenvalue weighted by atomic mass is 9.89. The number of nitrogens with one attached hydrogen (secondary N) is 4. The zero-order valence-corrected chi connectivity index (χ0v) is 32.1. The number of rotatable bonds is 14. The second-order valence-corrected chi connectivity index (χ2v) is 14.5. The Morgan fingerprint density at radius 1 is 0.909 bits per heavy atom. The number of benzene rings is 2. The summed E-state index contributed by atoms with van der Waals surface area (Å²) in [6, 6.07) is 16.5. The number of carbonyl (C=O) groups excluding carboxylic acids is 2. The number of hydrogen-bond acceptors (Lipinski definition) is 9. The summed E-state index contributed by atoms with van der Waals surface area (Å²) in [7, 11) is 1.68. The molecule has 0 saturated carbocycles. The maximum absolute atomic E-state index is 13.6. The van der Waals surface area contributed by atoms with Crippen molar-refractivity contribution < 1.29 is 19.1 Å². The Morgan fingerprint density at radius 3 is 2.40 bits per heavy atom. The average molecular weight is 745 g/mol. The van der Waals surface area contributed by atoms with Gasteiger partial charge in [0.05, 0.1) is 35.5 Å². The lowest BCUT2D eigenvalue weighted by Gasteiger charge is -2.26. The van der Waals surface area contributed by atoms with Gasteiger partial charge in [-0.2, -0.15) is 5.10 Å². The van der Waals surface area contributed by atoms with Crippen LogP contribution in [0.1, 0.15) is 82.6 Å². The molecular weight excluding hydrogens is 693 g/mol. The van der Waals surface area contributed by atoms with Gasteiger partial charge in [0, 0.05) is 68.1 Å². The lowest BCUT2D eigenvalue weighted by molar-refractivity contribution is 0.0904. The van der Waals surface area contributed by atoms with Crippen LogP contribution < -0.4 is 26.0 Å². The Bertz CT molecular complexity index is 2120. The molecule has 2 amide bonds. The molecule has 2 saturated heterocycles. The van der Waals surface area contributed by atoms with E-state index in [-0.39, 0.29) is 24.4 Å². The second-order valence-electron chi connectivity index (χ2n) is 14.5. The standard InChI is InChI=1S/C43H52N8O4/c1-4-38-36(40(49-34-13-17-55-18-14-34)37-27-48-51(5-2)41(37)50-38)26-47-43(53)33-22-32(24-45-25-33)42(52)46-23-30-9-10-39(54-3)35(21-30)31-8-6-7-29(20-31)19-28-11-15-44-16-12-28/h6-10,20-22,24-25,27-28,34,44H,4-5,11-19,23,26H2,1-3H3,(H,46,52)(H,47,53)(H,49,50). The number of piperidine rings is 1. The number of fused-ring (bicyclic) bond motifs is 1. The van der Waals surface area contributed by atoms with Crippen molar-refractivity contribution >= 4 is 28.5 Å². The Morgan fingerprint density at radius 2 is 1.67 bits per heavy atom. The molecule has 0 bridgehead atoms. The van der Waals surface area contributed by atoms with Crippen LogP contribution >= 0.6 is 0 Å². The third kappa shape index (κ3) is 8.98. The summed E-state index contributed by atoms with van der Waals surface area (Å²) in [6.45, 7) is 8.95. The Balaban J connectivity index is 1.03. The van der Waals surface area contributed by atoms with E-state index >= 15 is 0 Å². The maximum Gasteiger partial charge on any atom is 0.253 e. The first-order valence-electron chi connectivity index (χ1n) is 19.6. The molecule has 5 aromatic rings. The van der Waals surface area contributed by atoms with E-state index in [9.17, 15) is 9.59 Å². The van der Waals surface area contributed by atoms with Crippen molar-refractivity contribution in [1.29, 1.82) is 0 Å². The normalized spacial score (nSPS) is 15.2. The van der Waals surface area contributed by atoms with Gasteiger partial charge in [-0.15, -0.1) is 0 Å². The van der Waals surface area contributed by atoms with Crippen LogP contribution in [0.25, 0.3) is 22.2 Å². The van der Waals surface area contributed by atoms with Gasteiger partial charge >= 0.3 is 0 Å². The number of anilines is 1. The molecule has 0 unspecified atom stereocenters. The van der Waals surface area contributed by atoms with Gasteiger partial charge < -0.3 is 30.7 Å². The number of nitrogens with zero attached hydrogens (tertiary/aromatic N) is 4. The fourth-order valence-electron chi connectivity index (χ4n) is 7.72. The van der Waals surface area contributed by atoms with Crippen molar-refractivity contribution in [2.45, 2.75) is 78.0 Å². The van der Waals surface area contributed by atoms with Gasteiger partial charge in [-0.1, -0.05) is 37.3 Å². The van der Waals surface area contributed by atoms with Crippen LogP contribution in [0, 0.1) is 5.92 Å². The van der Waals surface area contributed by atoms with Crippen molar-refractivity contribution in [2.75, 3.05) is 38.7 Å². The minimum absolute atomic E-state index is 0.243. The van der Waals surface area contributed by atoms with Crippen LogP contribution in [0.4, 0.5) is 5.69 Å². The van der Waals surface area contributed by atoms with Crippen LogP contribution in [0.2, 0.25) is 0 Å². The van der Waals surface area contributed by atoms with E-state index in [4.69, 9.17) is 14.5 Å². The molecule has 2 aliphatic heterocycles. The molecule has 12 nitrogen and oxygen atoms in total. The summed E-state index contributed by atoms with van der Waals surface area (Å²) in [5, 5.41) is 18.8. The molecule has 288 valence electrons. The number of aryl methyl sites for hydroxylation is 2. The summed E-state index contributed by atoms with van der Waals surface area (Å²) in [4.78, 5) is 36.2. The zero-order valence-electron chi connectivity index (χ0n) is 32.1. The lowest BCUT2D eigenvalue weighted by Crippen LogP contribution is -2.30. The molecular formula is C43H52N8O4. The van der Waals surface area contributed by atoms with E-state index in [1.54, 1.807) is 13.2 Å². The molecule has 7 rings (SSSR count). The minimum atomic E-state index is -0.326. The van der Waals surface area contributed by atoms with Crippen molar-refractivity contribution in [3.63, 3.8) is 0 Å². The predicted octanol–water partition coefficient (Wildman–Crippen LogP) is 6.08. The van der Waals surface area contributed by atoms with Gasteiger partial charge in [-0.3, -0.25) is 14.6 Å². The molecule has 3 aromatic heterocycles. The van der Waals surface area contributed by atoms with E-state index < -0.39 is 0 Å². The molecule has 12 heteroatoms. The SMILES string of the molecule is CCc1nc2c(cnn2CC)c(NC2CCOCC2)c1CNC(=O)c1cncc(C(=O)NCc2ccc(OC)c(-c3cccc(CC4CCNCC4)c3)c2)c1. The summed E-state index contributed by atoms with van der Waals surface area (Å²) in [5.41, 5.74) is 8.53. The van der Waals surface area contributed by atoms with Crippen LogP contribution in [-0.4, -0.2) is 71.0 Å². The molecule has 55 heavy (non-hydrogen) atoms. The van der Waals surface area contributed by atoms with Crippen molar-refractivity contribution in [3.05, 3.63) is 101 Å². The van der Waals surface area contributed by atoms with E-state index in [0.717, 1.165) is 82.8 Å². The third-order valence-corrected chi connectivity index (χ3v) is 10.8. The average Bonchev–Trinajstić information content (AvgIpc) is 3.66. The molecule has 2 aliphatic rings. The summed E-state index contributed by atoms with van der Waals surface area (Å²) >= 11 is 0. The highest BCUT2D eigenvalue weighted by Crippen LogP contribution is 2.33. The first kappa shape index (κ1) is 38.0. The smallest absolute Gasteiger partial charge is 0.253 e. The molecule has 0 radical (unpaired) electrons. The maximum atomic E-state index is 13.6. The van der Waals surface area contributed by atoms with Crippen molar-refractivity contribution in [3.8, 4) is 16.9 Å². The summed E-state index contributed by atoms with van der Waals surface area (Å²) < 4.78 is 13.2. The van der Waals surface area contributed by atoms with Gasteiger partial charge in [0.1, 0.15) is 5.75 Å². The van der Waals surface area contributed by atoms with Gasteiger partial charge in [0.2, 0.25) is 0 Å². The van der Waals surface area contributed by atoms with Crippen LogP contribution in [-0.2, 0) is 37.2 Å². The van der Waals surface area contributed by atoms with Gasteiger partial charge in [0.25, 0.3) is 11.8 Å². The molecule has 5 heterocycles. The number of methoxy groups -OCH3 is 1. The summed E-state index contributed by atoms with van der Waals surface area (Å²) in [6.07, 6.45) is 10.7. The van der Waals surface area contributed by atoms with Gasteiger partial charge in [0.15, 0.2) is 5.65 Å². The number of hydrogen-bond donors (Lipinski definition) is 4. The second kappa shape index (κ2) is 17.9. The van der Waals surface area contributed by atoms with E-state index in [0.29, 0.717) is 49.8 Å². The highest BCUT2D eigenvalue weighted by atomic mass is 16.5. The Labute approximate surface area is 322 Å². The molecule has 2 aromatic carbocycles. The van der Waals surface area contributed by atoms with E-state index in [1.807, 2.05) is 29.9 Å². The number of pyridine rings is 2. The first-order chi connectivity index (χ1) is 26.9. The number of ether oxygens (including phenoxy) is 2. The number of aromatic nitrogens is 4. The first-order valence-corrected chi connectivity index (χ1v) is 19.6. The molecule has 0 aliphatic carbocycles. The predicted molar refractivity (Wildman–Crippen MR) is 214 cm³/mol. The minimum Gasteiger partial charge on any atom is -0.496 e. The summed E-state index contributed by atoms with van der Waals surface area (Å²) in [5.74, 6) is 0.825. The number of amides is 2. The largest absolute Gasteiger partial charge is 0.496 e. The van der Waals surface area contributed by atoms with Gasteiger partial charge in [-0.05, 0) is 99.3 Å². The fraction of sp³-hybridized carbons (Fsp3) is 0.419. The van der Waals surface area contributed by atoms with Gasteiger partial charge in [-0.25, -0.2) is 9.67 Å². The van der Waals surface area contributed by atoms with Crippen LogP contribution in [0.5, 0.6) is 5.75 Å². The molecule has 2 fully saturated rings. The zero-order chi connectivity index (χ0) is 38.1. The quantitative estimate of drug-likeness (QED) is 0.106. The van der Waals surface area contributed by atoms with Crippen LogP contribution in [0.15, 0.2) is 67.1 Å². The van der Waals surface area contributed by atoms with Crippen molar-refractivity contribution in [2.24, 2.45) is 5.92 Å². The third-order valence-electron chi connectivity index (χ3n) is 10.8. The highest BCUT2D eigenvalue weighted by molar-refractivity contribution is 5.99. The Hall–Kier alpha value is -5.33. The fourth-order valence-corrected chi connectivity index (χ4v) is 7.72. The van der Waals surface area contributed by atoms with E-state index in [1.165, 1.54) is 30.8 Å². The number of carbonyl (C=O) groups is 2. The molecule has 4 N–H and O–H groups in total.